The summed E-state index contributed by atoms with van der Waals surface area (Å²) in [5, 5.41) is 0. The van der Waals surface area contributed by atoms with E-state index in [9.17, 15) is 4.79 Å². The summed E-state index contributed by atoms with van der Waals surface area (Å²) in [6.45, 7) is 2.06. The van der Waals surface area contributed by atoms with Crippen molar-refractivity contribution >= 4 is 16.8 Å². The third-order valence-electron chi connectivity index (χ3n) is 5.01. The van der Waals surface area contributed by atoms with Gasteiger partial charge in [-0.2, -0.15) is 0 Å². The lowest BCUT2D eigenvalue weighted by Gasteiger charge is -2.32. The Bertz CT molecular complexity index is 866. The van der Waals surface area contributed by atoms with E-state index in [1.807, 2.05) is 36.4 Å². The van der Waals surface area contributed by atoms with Crippen molar-refractivity contribution in [1.82, 2.24) is 9.55 Å². The van der Waals surface area contributed by atoms with Gasteiger partial charge in [0, 0.05) is 12.1 Å². The van der Waals surface area contributed by atoms with E-state index >= 15 is 0 Å². The molecule has 116 valence electrons. The van der Waals surface area contributed by atoms with Gasteiger partial charge in [0.15, 0.2) is 0 Å². The fourth-order valence-corrected chi connectivity index (χ4v) is 3.65. The third kappa shape index (κ3) is 2.19. The number of para-hydroxylation sites is 3. The van der Waals surface area contributed by atoms with Crippen LogP contribution in [0.1, 0.15) is 38.4 Å². The van der Waals surface area contributed by atoms with Crippen LogP contribution in [-0.2, 0) is 10.2 Å². The maximum atomic E-state index is 12.7. The Morgan fingerprint density at radius 3 is 2.52 bits per heavy atom. The lowest BCUT2D eigenvalue weighted by atomic mass is 9.74. The highest BCUT2D eigenvalue weighted by molar-refractivity contribution is 5.91. The average molecular weight is 304 g/mol. The van der Waals surface area contributed by atoms with Gasteiger partial charge in [-0.15, -0.1) is 0 Å². The Hall–Kier alpha value is -2.42. The minimum absolute atomic E-state index is 0.316. The van der Waals surface area contributed by atoms with E-state index in [2.05, 4.69) is 29.7 Å². The molecule has 2 aromatic carbocycles. The molecule has 0 N–H and O–H groups in total. The van der Waals surface area contributed by atoms with Gasteiger partial charge in [0.05, 0.1) is 16.4 Å². The summed E-state index contributed by atoms with van der Waals surface area (Å²) >= 11 is 0. The van der Waals surface area contributed by atoms with E-state index in [4.69, 9.17) is 4.98 Å². The number of fused-ring (bicyclic) bond motifs is 1. The SMILES string of the molecule is CC1(c2nc3ccccc3n2-c2ccccc2)CCCCC1=O. The van der Waals surface area contributed by atoms with Crippen molar-refractivity contribution in [3.8, 4) is 5.69 Å². The minimum Gasteiger partial charge on any atom is -0.299 e. The predicted molar refractivity (Wildman–Crippen MR) is 91.9 cm³/mol. The number of rotatable bonds is 2. The standard InChI is InChI=1S/C20H20N2O/c1-20(14-8-7-13-18(20)23)19-21-16-11-5-6-12-17(16)22(19)15-9-3-2-4-10-15/h2-6,9-12H,7-8,13-14H2,1H3. The van der Waals surface area contributed by atoms with Crippen LogP contribution in [0.15, 0.2) is 54.6 Å². The molecule has 1 aromatic heterocycles. The zero-order valence-electron chi connectivity index (χ0n) is 13.3. The molecule has 0 bridgehead atoms. The van der Waals surface area contributed by atoms with Gasteiger partial charge in [0.2, 0.25) is 0 Å². The summed E-state index contributed by atoms with van der Waals surface area (Å²) in [4.78, 5) is 17.6. The number of imidazole rings is 1. The first-order chi connectivity index (χ1) is 11.2. The van der Waals surface area contributed by atoms with Gasteiger partial charge < -0.3 is 0 Å². The number of nitrogens with zero attached hydrogens (tertiary/aromatic N) is 2. The van der Waals surface area contributed by atoms with Crippen LogP contribution in [0.5, 0.6) is 0 Å². The van der Waals surface area contributed by atoms with Crippen LogP contribution in [0, 0.1) is 0 Å². The zero-order chi connectivity index (χ0) is 15.9. The molecular formula is C20H20N2O. The fourth-order valence-electron chi connectivity index (χ4n) is 3.65. The van der Waals surface area contributed by atoms with Gasteiger partial charge in [-0.1, -0.05) is 36.8 Å². The molecule has 0 aliphatic heterocycles. The number of hydrogen-bond acceptors (Lipinski definition) is 2. The molecule has 3 heteroatoms. The van der Waals surface area contributed by atoms with Gasteiger partial charge >= 0.3 is 0 Å². The molecule has 1 fully saturated rings. The van der Waals surface area contributed by atoms with Crippen LogP contribution in [0.2, 0.25) is 0 Å². The molecule has 1 heterocycles. The van der Waals surface area contributed by atoms with Crippen molar-refractivity contribution < 1.29 is 4.79 Å². The summed E-state index contributed by atoms with van der Waals surface area (Å²) in [7, 11) is 0. The van der Waals surface area contributed by atoms with E-state index in [0.29, 0.717) is 12.2 Å². The second-order valence-electron chi connectivity index (χ2n) is 6.56. The molecule has 3 aromatic rings. The summed E-state index contributed by atoms with van der Waals surface area (Å²) < 4.78 is 2.17. The van der Waals surface area contributed by atoms with Crippen LogP contribution in [0.4, 0.5) is 0 Å². The van der Waals surface area contributed by atoms with Crippen molar-refractivity contribution in [2.75, 3.05) is 0 Å². The normalized spacial score (nSPS) is 21.7. The van der Waals surface area contributed by atoms with Crippen molar-refractivity contribution in [3.05, 3.63) is 60.4 Å². The van der Waals surface area contributed by atoms with Crippen LogP contribution in [0.3, 0.4) is 0 Å². The monoisotopic (exact) mass is 304 g/mol. The highest BCUT2D eigenvalue weighted by Crippen LogP contribution is 2.38. The van der Waals surface area contributed by atoms with Gasteiger partial charge in [-0.05, 0) is 44.0 Å². The number of carbonyl (C=O) groups excluding carboxylic acids is 1. The Kier molecular flexibility index (Phi) is 3.29. The van der Waals surface area contributed by atoms with E-state index in [-0.39, 0.29) is 0 Å². The molecule has 23 heavy (non-hydrogen) atoms. The molecule has 0 saturated heterocycles. The van der Waals surface area contributed by atoms with Gasteiger partial charge in [0.1, 0.15) is 11.6 Å². The van der Waals surface area contributed by atoms with Crippen molar-refractivity contribution in [3.63, 3.8) is 0 Å². The number of benzene rings is 2. The smallest absolute Gasteiger partial charge is 0.146 e. The zero-order valence-corrected chi connectivity index (χ0v) is 13.3. The van der Waals surface area contributed by atoms with Crippen LogP contribution in [-0.4, -0.2) is 15.3 Å². The Morgan fingerprint density at radius 2 is 1.74 bits per heavy atom. The van der Waals surface area contributed by atoms with Crippen LogP contribution < -0.4 is 0 Å². The summed E-state index contributed by atoms with van der Waals surface area (Å²) in [5.41, 5.74) is 2.59. The Labute approximate surface area is 136 Å². The second-order valence-corrected chi connectivity index (χ2v) is 6.56. The quantitative estimate of drug-likeness (QED) is 0.702. The average Bonchev–Trinajstić information content (AvgIpc) is 2.98. The van der Waals surface area contributed by atoms with Crippen molar-refractivity contribution in [1.29, 1.82) is 0 Å². The Morgan fingerprint density at radius 1 is 1.00 bits per heavy atom. The lowest BCUT2D eigenvalue weighted by Crippen LogP contribution is -2.38. The van der Waals surface area contributed by atoms with Crippen LogP contribution in [0.25, 0.3) is 16.7 Å². The maximum Gasteiger partial charge on any atom is 0.146 e. The molecule has 1 atom stereocenters. The third-order valence-corrected chi connectivity index (χ3v) is 5.01. The number of carbonyl (C=O) groups is 1. The first-order valence-corrected chi connectivity index (χ1v) is 8.27. The van der Waals surface area contributed by atoms with E-state index in [0.717, 1.165) is 41.8 Å². The summed E-state index contributed by atoms with van der Waals surface area (Å²) in [6.07, 6.45) is 3.62. The van der Waals surface area contributed by atoms with Crippen LogP contribution >= 0.6 is 0 Å². The molecular weight excluding hydrogens is 284 g/mol. The largest absolute Gasteiger partial charge is 0.299 e. The minimum atomic E-state index is -0.493. The predicted octanol–water partition coefficient (Wildman–Crippen LogP) is 4.43. The van der Waals surface area contributed by atoms with E-state index in [1.165, 1.54) is 0 Å². The molecule has 0 amide bonds. The second kappa shape index (κ2) is 5.34. The molecule has 4 rings (SSSR count). The molecule has 0 spiro atoms. The molecule has 1 aliphatic rings. The van der Waals surface area contributed by atoms with Crippen molar-refractivity contribution in [2.45, 2.75) is 38.0 Å². The van der Waals surface area contributed by atoms with Crippen molar-refractivity contribution in [2.24, 2.45) is 0 Å². The highest BCUT2D eigenvalue weighted by Gasteiger charge is 2.41. The number of aromatic nitrogens is 2. The number of Topliss-reactive ketones (excluding diaryl/α,β-unsaturated/α-hetero) is 1. The molecule has 0 radical (unpaired) electrons. The van der Waals surface area contributed by atoms with E-state index in [1.54, 1.807) is 0 Å². The first-order valence-electron chi connectivity index (χ1n) is 8.27. The first kappa shape index (κ1) is 14.2. The van der Waals surface area contributed by atoms with Gasteiger partial charge in [-0.3, -0.25) is 9.36 Å². The van der Waals surface area contributed by atoms with Gasteiger partial charge in [-0.25, -0.2) is 4.98 Å². The lowest BCUT2D eigenvalue weighted by molar-refractivity contribution is -0.126. The maximum absolute atomic E-state index is 12.7. The topological polar surface area (TPSA) is 34.9 Å². The highest BCUT2D eigenvalue weighted by atomic mass is 16.1. The number of ketones is 1. The van der Waals surface area contributed by atoms with E-state index < -0.39 is 5.41 Å². The van der Waals surface area contributed by atoms with Gasteiger partial charge in [0.25, 0.3) is 0 Å². The molecule has 1 saturated carbocycles. The fraction of sp³-hybridized carbons (Fsp3) is 0.300. The Balaban J connectivity index is 2.01. The molecule has 3 nitrogen and oxygen atoms in total. The summed E-state index contributed by atoms with van der Waals surface area (Å²) in [5.74, 6) is 1.20. The summed E-state index contributed by atoms with van der Waals surface area (Å²) in [6, 6.07) is 18.3. The number of hydrogen-bond donors (Lipinski definition) is 0. The molecule has 1 aliphatic carbocycles. The molecule has 1 unspecified atom stereocenters.